The Hall–Kier alpha value is -1.96. The zero-order valence-corrected chi connectivity index (χ0v) is 15.5. The van der Waals surface area contributed by atoms with Gasteiger partial charge in [-0.05, 0) is 35.7 Å². The Kier molecular flexibility index (Phi) is 5.60. The summed E-state index contributed by atoms with van der Waals surface area (Å²) in [6.45, 7) is 0.897. The molecule has 3 rings (SSSR count). The number of piperidine rings is 1. The molecule has 26 heavy (non-hydrogen) atoms. The first kappa shape index (κ1) is 18.8. The van der Waals surface area contributed by atoms with Crippen molar-refractivity contribution in [3.63, 3.8) is 0 Å². The van der Waals surface area contributed by atoms with Crippen molar-refractivity contribution >= 4 is 10.0 Å². The van der Waals surface area contributed by atoms with Crippen LogP contribution in [0.25, 0.3) is 0 Å². The third-order valence-electron chi connectivity index (χ3n) is 4.63. The van der Waals surface area contributed by atoms with E-state index in [2.05, 4.69) is 0 Å². The van der Waals surface area contributed by atoms with Crippen LogP contribution >= 0.6 is 0 Å². The van der Waals surface area contributed by atoms with Crippen LogP contribution in [-0.2, 0) is 16.6 Å². The summed E-state index contributed by atoms with van der Waals surface area (Å²) >= 11 is 0. The molecule has 1 aliphatic rings. The molecule has 0 bridgehead atoms. The number of sulfonamides is 1. The van der Waals surface area contributed by atoms with Crippen molar-refractivity contribution < 1.29 is 17.5 Å². The van der Waals surface area contributed by atoms with Gasteiger partial charge in [-0.25, -0.2) is 12.8 Å². The van der Waals surface area contributed by atoms with Gasteiger partial charge >= 0.3 is 0 Å². The summed E-state index contributed by atoms with van der Waals surface area (Å²) in [5.74, 6) is 0.0553. The minimum atomic E-state index is -3.41. The van der Waals surface area contributed by atoms with Gasteiger partial charge in [0.05, 0.1) is 12.8 Å². The fraction of sp³-hybridized carbons (Fsp3) is 0.368. The first-order chi connectivity index (χ1) is 12.4. The van der Waals surface area contributed by atoms with E-state index >= 15 is 0 Å². The predicted molar refractivity (Wildman–Crippen MR) is 98.9 cm³/mol. The zero-order valence-electron chi connectivity index (χ0n) is 14.6. The number of ether oxygens (including phenoxy) is 1. The van der Waals surface area contributed by atoms with E-state index in [0.29, 0.717) is 24.3 Å². The monoisotopic (exact) mass is 378 g/mol. The topological polar surface area (TPSA) is 72.6 Å². The molecular formula is C19H23FN2O3S. The van der Waals surface area contributed by atoms with E-state index in [0.717, 1.165) is 5.56 Å². The Morgan fingerprint density at radius 1 is 1.19 bits per heavy atom. The number of benzene rings is 2. The minimum absolute atomic E-state index is 0.247. The molecule has 1 fully saturated rings. The third-order valence-corrected chi connectivity index (χ3v) is 5.87. The van der Waals surface area contributed by atoms with Gasteiger partial charge in [0.15, 0.2) is 0 Å². The largest absolute Gasteiger partial charge is 0.489 e. The van der Waals surface area contributed by atoms with E-state index in [1.54, 1.807) is 18.2 Å². The number of hydrogen-bond acceptors (Lipinski definition) is 4. The van der Waals surface area contributed by atoms with Gasteiger partial charge in [0.2, 0.25) is 10.0 Å². The highest BCUT2D eigenvalue weighted by atomic mass is 32.2. The van der Waals surface area contributed by atoms with Crippen LogP contribution in [0, 0.1) is 5.82 Å². The maximum Gasteiger partial charge on any atom is 0.211 e. The fourth-order valence-corrected chi connectivity index (χ4v) is 4.23. The summed E-state index contributed by atoms with van der Waals surface area (Å²) in [7, 11) is -3.41. The molecule has 2 aromatic rings. The standard InChI is InChI=1S/C19H23FN2O3S/c1-26(23,24)22-12-15(18-7-2-3-8-19(18)20)10-17(13-22)25-16-6-4-5-14(9-16)11-21/h2-9,15,17H,10-13,21H2,1H3/t15-,17+/m0/s1. The first-order valence-corrected chi connectivity index (χ1v) is 10.4. The Bertz CT molecular complexity index is 873. The second kappa shape index (κ2) is 7.73. The van der Waals surface area contributed by atoms with Crippen molar-refractivity contribution in [3.05, 3.63) is 65.5 Å². The lowest BCUT2D eigenvalue weighted by Crippen LogP contribution is -2.47. The maximum atomic E-state index is 14.2. The molecule has 1 saturated heterocycles. The quantitative estimate of drug-likeness (QED) is 0.868. The van der Waals surface area contributed by atoms with Crippen molar-refractivity contribution in [1.82, 2.24) is 4.31 Å². The molecule has 1 heterocycles. The third kappa shape index (κ3) is 4.41. The van der Waals surface area contributed by atoms with Crippen LogP contribution in [0.3, 0.4) is 0 Å². The molecule has 2 N–H and O–H groups in total. The van der Waals surface area contributed by atoms with Crippen LogP contribution in [0.1, 0.15) is 23.5 Å². The van der Waals surface area contributed by atoms with E-state index in [4.69, 9.17) is 10.5 Å². The van der Waals surface area contributed by atoms with Crippen LogP contribution in [-0.4, -0.2) is 38.2 Å². The lowest BCUT2D eigenvalue weighted by molar-refractivity contribution is 0.116. The summed E-state index contributed by atoms with van der Waals surface area (Å²) in [6.07, 6.45) is 1.35. The van der Waals surface area contributed by atoms with Gasteiger partial charge in [0.1, 0.15) is 17.7 Å². The van der Waals surface area contributed by atoms with E-state index in [1.165, 1.54) is 16.6 Å². The van der Waals surface area contributed by atoms with Crippen LogP contribution in [0.5, 0.6) is 5.75 Å². The molecule has 7 heteroatoms. The second-order valence-corrected chi connectivity index (χ2v) is 8.61. The van der Waals surface area contributed by atoms with Crippen molar-refractivity contribution in [2.24, 2.45) is 5.73 Å². The van der Waals surface area contributed by atoms with Crippen molar-refractivity contribution in [2.75, 3.05) is 19.3 Å². The molecule has 140 valence electrons. The normalized spacial score (nSPS) is 21.5. The molecule has 0 saturated carbocycles. The molecule has 5 nitrogen and oxygen atoms in total. The van der Waals surface area contributed by atoms with Crippen LogP contribution in [0.2, 0.25) is 0 Å². The van der Waals surface area contributed by atoms with E-state index in [1.807, 2.05) is 24.3 Å². The van der Waals surface area contributed by atoms with Gasteiger partial charge < -0.3 is 10.5 Å². The summed E-state index contributed by atoms with van der Waals surface area (Å²) in [4.78, 5) is 0. The number of nitrogens with zero attached hydrogens (tertiary/aromatic N) is 1. The van der Waals surface area contributed by atoms with Gasteiger partial charge in [0, 0.05) is 19.0 Å². The number of nitrogens with two attached hydrogens (primary N) is 1. The summed E-state index contributed by atoms with van der Waals surface area (Å²) < 4.78 is 45.8. The van der Waals surface area contributed by atoms with Gasteiger partial charge in [-0.3, -0.25) is 0 Å². The minimum Gasteiger partial charge on any atom is -0.489 e. The Morgan fingerprint density at radius 2 is 1.96 bits per heavy atom. The molecule has 2 aromatic carbocycles. The van der Waals surface area contributed by atoms with Crippen molar-refractivity contribution in [2.45, 2.75) is 25.0 Å². The molecule has 2 atom stereocenters. The van der Waals surface area contributed by atoms with Gasteiger partial charge in [0.25, 0.3) is 0 Å². The van der Waals surface area contributed by atoms with Crippen LogP contribution in [0.4, 0.5) is 4.39 Å². The summed E-state index contributed by atoms with van der Waals surface area (Å²) in [5, 5.41) is 0. The molecule has 0 aliphatic carbocycles. The number of halogens is 1. The average molecular weight is 378 g/mol. The van der Waals surface area contributed by atoms with Gasteiger partial charge in [-0.2, -0.15) is 4.31 Å². The van der Waals surface area contributed by atoms with Crippen molar-refractivity contribution in [3.8, 4) is 5.75 Å². The maximum absolute atomic E-state index is 14.2. The van der Waals surface area contributed by atoms with Gasteiger partial charge in [-0.1, -0.05) is 30.3 Å². The summed E-state index contributed by atoms with van der Waals surface area (Å²) in [5.41, 5.74) is 7.11. The second-order valence-electron chi connectivity index (χ2n) is 6.63. The Labute approximate surface area is 153 Å². The number of rotatable bonds is 5. The lowest BCUT2D eigenvalue weighted by atomic mass is 9.90. The molecule has 0 unspecified atom stereocenters. The molecule has 0 radical (unpaired) electrons. The fourth-order valence-electron chi connectivity index (χ4n) is 3.34. The van der Waals surface area contributed by atoms with Crippen molar-refractivity contribution in [1.29, 1.82) is 0 Å². The average Bonchev–Trinajstić information content (AvgIpc) is 2.61. The zero-order chi connectivity index (χ0) is 18.7. The van der Waals surface area contributed by atoms with Crippen LogP contribution < -0.4 is 10.5 Å². The SMILES string of the molecule is CS(=O)(=O)N1C[C@H](Oc2cccc(CN)c2)C[C@H](c2ccccc2F)C1. The van der Waals surface area contributed by atoms with Crippen LogP contribution in [0.15, 0.2) is 48.5 Å². The molecule has 1 aliphatic heterocycles. The molecule has 0 spiro atoms. The molecule has 0 amide bonds. The first-order valence-electron chi connectivity index (χ1n) is 8.52. The molecular weight excluding hydrogens is 355 g/mol. The highest BCUT2D eigenvalue weighted by molar-refractivity contribution is 7.88. The van der Waals surface area contributed by atoms with E-state index in [9.17, 15) is 12.8 Å². The Morgan fingerprint density at radius 3 is 2.65 bits per heavy atom. The highest BCUT2D eigenvalue weighted by Gasteiger charge is 2.34. The van der Waals surface area contributed by atoms with Gasteiger partial charge in [-0.15, -0.1) is 0 Å². The predicted octanol–water partition coefficient (Wildman–Crippen LogP) is 2.48. The smallest absolute Gasteiger partial charge is 0.211 e. The molecule has 0 aromatic heterocycles. The lowest BCUT2D eigenvalue weighted by Gasteiger charge is -2.36. The summed E-state index contributed by atoms with van der Waals surface area (Å²) in [6, 6.07) is 13.9. The Balaban J connectivity index is 1.86. The highest BCUT2D eigenvalue weighted by Crippen LogP contribution is 2.32. The van der Waals surface area contributed by atoms with E-state index in [-0.39, 0.29) is 30.9 Å². The van der Waals surface area contributed by atoms with E-state index < -0.39 is 10.0 Å². The number of hydrogen-bond donors (Lipinski definition) is 1.